The number of aliphatic imine (C=N–C) groups is 1. The molecule has 7 atom stereocenters. The lowest BCUT2D eigenvalue weighted by molar-refractivity contribution is -0.151. The molecule has 10 heteroatoms. The number of nitrogens with two attached hydrogens (primary N) is 2. The number of hydrogen-bond acceptors (Lipinski definition) is 7. The van der Waals surface area contributed by atoms with Gasteiger partial charge in [-0.25, -0.2) is 4.99 Å². The molecule has 33 heavy (non-hydrogen) atoms. The second kappa shape index (κ2) is 13.5. The van der Waals surface area contributed by atoms with Crippen molar-refractivity contribution < 1.29 is 24.2 Å². The molecule has 0 saturated heterocycles. The van der Waals surface area contributed by atoms with E-state index in [0.717, 1.165) is 19.3 Å². The van der Waals surface area contributed by atoms with Gasteiger partial charge in [-0.3, -0.25) is 19.7 Å². The molecule has 10 nitrogen and oxygen atoms in total. The first-order chi connectivity index (χ1) is 15.5. The zero-order valence-corrected chi connectivity index (χ0v) is 20.8. The molecule has 0 aromatic rings. The molecule has 0 radical (unpaired) electrons. The van der Waals surface area contributed by atoms with Crippen LogP contribution in [0.1, 0.15) is 67.2 Å². The van der Waals surface area contributed by atoms with Gasteiger partial charge < -0.3 is 26.6 Å². The van der Waals surface area contributed by atoms with Crippen LogP contribution in [0.3, 0.4) is 0 Å². The molecule has 0 heterocycles. The number of nitrogens with one attached hydrogen (secondary N) is 2. The Bertz CT molecular complexity index is 697. The highest BCUT2D eigenvalue weighted by Gasteiger charge is 2.51. The van der Waals surface area contributed by atoms with Crippen molar-refractivity contribution in [1.82, 2.24) is 10.6 Å². The lowest BCUT2D eigenvalue weighted by Gasteiger charge is -2.35. The van der Waals surface area contributed by atoms with Crippen LogP contribution in [0.2, 0.25) is 0 Å². The Labute approximate surface area is 197 Å². The quantitative estimate of drug-likeness (QED) is 0.168. The number of carbonyl (C=O) groups excluding carboxylic acids is 3. The maximum absolute atomic E-state index is 12.5. The van der Waals surface area contributed by atoms with Gasteiger partial charge in [-0.05, 0) is 25.2 Å². The van der Waals surface area contributed by atoms with Crippen molar-refractivity contribution in [3.63, 3.8) is 0 Å². The van der Waals surface area contributed by atoms with Gasteiger partial charge in [0.05, 0.1) is 30.7 Å². The van der Waals surface area contributed by atoms with E-state index in [1.54, 1.807) is 6.92 Å². The summed E-state index contributed by atoms with van der Waals surface area (Å²) in [5.41, 5.74) is 12.0. The van der Waals surface area contributed by atoms with E-state index in [1.807, 2.05) is 27.7 Å². The van der Waals surface area contributed by atoms with Crippen LogP contribution in [0.5, 0.6) is 0 Å². The first-order valence-corrected chi connectivity index (χ1v) is 12.0. The van der Waals surface area contributed by atoms with Gasteiger partial charge in [0, 0.05) is 18.9 Å². The lowest BCUT2D eigenvalue weighted by Crippen LogP contribution is -2.52. The van der Waals surface area contributed by atoms with Crippen molar-refractivity contribution >= 4 is 23.7 Å². The Hall–Kier alpha value is -2.20. The zero-order chi connectivity index (χ0) is 25.3. The van der Waals surface area contributed by atoms with Gasteiger partial charge in [-0.1, -0.05) is 47.0 Å². The standard InChI is InChI=1S/C23H43N5O5/c1-7-12(5)18(24)21(31)28-23(25)27-16-11-15(22(32)33-10-4)20(30)17(16)19(26-13(6)29)14(8-2)9-3/h12,14-20,30H,7-11,24H2,1-6H3,(H,26,29)(H3,25,27,28,31)/t12?,15-,16+,17+,18?,19?,20+/m0/s1. The van der Waals surface area contributed by atoms with E-state index in [9.17, 15) is 19.5 Å². The second-order valence-electron chi connectivity index (χ2n) is 8.95. The van der Waals surface area contributed by atoms with Gasteiger partial charge in [0.1, 0.15) is 0 Å². The van der Waals surface area contributed by atoms with E-state index in [0.29, 0.717) is 0 Å². The molecule has 1 rings (SSSR count). The van der Waals surface area contributed by atoms with Crippen LogP contribution in [-0.2, 0) is 19.1 Å². The summed E-state index contributed by atoms with van der Waals surface area (Å²) in [5.74, 6) is -2.68. The molecule has 0 aromatic carbocycles. The van der Waals surface area contributed by atoms with Crippen molar-refractivity contribution in [1.29, 1.82) is 0 Å². The molecule has 0 spiro atoms. The number of carbonyl (C=O) groups is 3. The average molecular weight is 470 g/mol. The fourth-order valence-corrected chi connectivity index (χ4v) is 4.62. The van der Waals surface area contributed by atoms with Crippen LogP contribution in [0.25, 0.3) is 0 Å². The average Bonchev–Trinajstić information content (AvgIpc) is 3.07. The minimum Gasteiger partial charge on any atom is -0.466 e. The van der Waals surface area contributed by atoms with Crippen LogP contribution in [0.4, 0.5) is 0 Å². The van der Waals surface area contributed by atoms with E-state index < -0.39 is 47.9 Å². The number of nitrogens with zero attached hydrogens (tertiary/aromatic N) is 1. The monoisotopic (exact) mass is 469 g/mol. The largest absolute Gasteiger partial charge is 0.466 e. The summed E-state index contributed by atoms with van der Waals surface area (Å²) in [6, 6.07) is -1.77. The smallest absolute Gasteiger partial charge is 0.311 e. The SMILES string of the molecule is CCOC(=O)[C@H]1C[C@@H](N=C(N)NC(=O)C(N)C(C)CC)[C@H](C(NC(C)=O)C(CC)CC)[C@@H]1O. The number of guanidine groups is 1. The van der Waals surface area contributed by atoms with Crippen molar-refractivity contribution in [2.24, 2.45) is 40.1 Å². The number of ether oxygens (including phenoxy) is 1. The maximum Gasteiger partial charge on any atom is 0.311 e. The number of amides is 2. The topological polar surface area (TPSA) is 169 Å². The molecule has 190 valence electrons. The molecule has 0 aliphatic heterocycles. The molecule has 7 N–H and O–H groups in total. The Morgan fingerprint density at radius 1 is 1.15 bits per heavy atom. The molecule has 1 aliphatic carbocycles. The minimum atomic E-state index is -1.08. The molecule has 0 aromatic heterocycles. The predicted molar refractivity (Wildman–Crippen MR) is 127 cm³/mol. The summed E-state index contributed by atoms with van der Waals surface area (Å²) in [5, 5.41) is 16.7. The first-order valence-electron chi connectivity index (χ1n) is 12.0. The fourth-order valence-electron chi connectivity index (χ4n) is 4.62. The van der Waals surface area contributed by atoms with E-state index in [2.05, 4.69) is 15.6 Å². The molecule has 2 amide bonds. The van der Waals surface area contributed by atoms with Crippen LogP contribution in [0.15, 0.2) is 4.99 Å². The van der Waals surface area contributed by atoms with E-state index in [-0.39, 0.29) is 36.7 Å². The Morgan fingerprint density at radius 3 is 2.24 bits per heavy atom. The highest BCUT2D eigenvalue weighted by molar-refractivity contribution is 5.98. The van der Waals surface area contributed by atoms with Gasteiger partial charge in [-0.2, -0.15) is 0 Å². The molecular weight excluding hydrogens is 426 g/mol. The van der Waals surface area contributed by atoms with Crippen molar-refractivity contribution in [3.8, 4) is 0 Å². The summed E-state index contributed by atoms with van der Waals surface area (Å²) < 4.78 is 5.15. The number of hydrogen-bond donors (Lipinski definition) is 5. The van der Waals surface area contributed by atoms with Gasteiger partial charge in [0.15, 0.2) is 5.96 Å². The van der Waals surface area contributed by atoms with Crippen LogP contribution in [0, 0.1) is 23.7 Å². The number of aliphatic hydroxyl groups is 1. The molecule has 1 saturated carbocycles. The van der Waals surface area contributed by atoms with Gasteiger partial charge in [0.2, 0.25) is 11.8 Å². The third-order valence-corrected chi connectivity index (χ3v) is 6.79. The normalized spacial score (nSPS) is 25.9. The highest BCUT2D eigenvalue weighted by Crippen LogP contribution is 2.40. The minimum absolute atomic E-state index is 0.0361. The van der Waals surface area contributed by atoms with Crippen molar-refractivity contribution in [2.75, 3.05) is 6.61 Å². The summed E-state index contributed by atoms with van der Waals surface area (Å²) >= 11 is 0. The number of aliphatic hydroxyl groups excluding tert-OH is 1. The number of esters is 1. The zero-order valence-electron chi connectivity index (χ0n) is 20.8. The Balaban J connectivity index is 3.29. The Morgan fingerprint density at radius 2 is 1.76 bits per heavy atom. The summed E-state index contributed by atoms with van der Waals surface area (Å²) in [4.78, 5) is 41.4. The molecule has 1 aliphatic rings. The first kappa shape index (κ1) is 28.8. The molecular formula is C23H43N5O5. The lowest BCUT2D eigenvalue weighted by atomic mass is 9.80. The van der Waals surface area contributed by atoms with Crippen LogP contribution >= 0.6 is 0 Å². The third-order valence-electron chi connectivity index (χ3n) is 6.79. The summed E-state index contributed by atoms with van der Waals surface area (Å²) in [6.07, 6.45) is 1.37. The Kier molecular flexibility index (Phi) is 11.8. The van der Waals surface area contributed by atoms with Crippen molar-refractivity contribution in [2.45, 2.75) is 91.5 Å². The number of rotatable bonds is 11. The fraction of sp³-hybridized carbons (Fsp3) is 0.826. The highest BCUT2D eigenvalue weighted by atomic mass is 16.5. The predicted octanol–water partition coefficient (Wildman–Crippen LogP) is 0.660. The van der Waals surface area contributed by atoms with E-state index in [4.69, 9.17) is 16.2 Å². The second-order valence-corrected chi connectivity index (χ2v) is 8.95. The van der Waals surface area contributed by atoms with Gasteiger partial charge >= 0.3 is 5.97 Å². The van der Waals surface area contributed by atoms with E-state index >= 15 is 0 Å². The third kappa shape index (κ3) is 7.67. The van der Waals surface area contributed by atoms with Crippen LogP contribution < -0.4 is 22.1 Å². The van der Waals surface area contributed by atoms with Gasteiger partial charge in [-0.15, -0.1) is 0 Å². The maximum atomic E-state index is 12.5. The molecule has 1 fully saturated rings. The molecule has 3 unspecified atom stereocenters. The molecule has 0 bridgehead atoms. The van der Waals surface area contributed by atoms with Gasteiger partial charge in [0.25, 0.3) is 0 Å². The van der Waals surface area contributed by atoms with E-state index in [1.165, 1.54) is 6.92 Å². The van der Waals surface area contributed by atoms with Crippen molar-refractivity contribution in [3.05, 3.63) is 0 Å². The summed E-state index contributed by atoms with van der Waals surface area (Å²) in [7, 11) is 0. The summed E-state index contributed by atoms with van der Waals surface area (Å²) in [6.45, 7) is 11.1. The van der Waals surface area contributed by atoms with Crippen LogP contribution in [-0.4, -0.2) is 59.7 Å².